The SMILES string of the molecule is C[C@]12CCC(=O)N[C@@H]1CC[C@@H]1[C@@H]2CC[C@]2(C)[C@@H](C(=O)CBr)CC[C@@H]12. The monoisotopic (exact) mass is 395 g/mol. The average Bonchev–Trinajstić information content (AvgIpc) is 2.92. The van der Waals surface area contributed by atoms with E-state index < -0.39 is 0 Å². The number of carbonyl (C=O) groups excluding carboxylic acids is 2. The van der Waals surface area contributed by atoms with Gasteiger partial charge in [-0.1, -0.05) is 29.8 Å². The van der Waals surface area contributed by atoms with Crippen LogP contribution in [0.5, 0.6) is 0 Å². The lowest BCUT2D eigenvalue weighted by molar-refractivity contribution is -0.140. The molecule has 3 saturated carbocycles. The minimum absolute atomic E-state index is 0.215. The van der Waals surface area contributed by atoms with Crippen LogP contribution >= 0.6 is 15.9 Å². The molecule has 4 heteroatoms. The van der Waals surface area contributed by atoms with E-state index in [9.17, 15) is 9.59 Å². The fourth-order valence-corrected chi connectivity index (χ4v) is 7.71. The molecule has 1 heterocycles. The third-order valence-electron chi connectivity index (χ3n) is 8.62. The highest BCUT2D eigenvalue weighted by molar-refractivity contribution is 9.09. The third kappa shape index (κ3) is 2.27. The van der Waals surface area contributed by atoms with Crippen LogP contribution < -0.4 is 5.32 Å². The predicted molar refractivity (Wildman–Crippen MR) is 97.8 cm³/mol. The molecule has 0 radical (unpaired) electrons. The number of carbonyl (C=O) groups is 2. The Balaban J connectivity index is 1.61. The van der Waals surface area contributed by atoms with Crippen molar-refractivity contribution in [2.75, 3.05) is 5.33 Å². The zero-order chi connectivity index (χ0) is 17.1. The molecule has 24 heavy (non-hydrogen) atoms. The van der Waals surface area contributed by atoms with Gasteiger partial charge in [0.05, 0.1) is 5.33 Å². The van der Waals surface area contributed by atoms with Crippen molar-refractivity contribution in [1.29, 1.82) is 0 Å². The van der Waals surface area contributed by atoms with Gasteiger partial charge in [0, 0.05) is 18.4 Å². The van der Waals surface area contributed by atoms with E-state index in [1.165, 1.54) is 25.7 Å². The Kier molecular flexibility index (Phi) is 4.14. The first-order chi connectivity index (χ1) is 11.4. The van der Waals surface area contributed by atoms with Crippen molar-refractivity contribution in [2.24, 2.45) is 34.5 Å². The van der Waals surface area contributed by atoms with Crippen molar-refractivity contribution in [3.05, 3.63) is 0 Å². The van der Waals surface area contributed by atoms with Gasteiger partial charge in [-0.15, -0.1) is 0 Å². The van der Waals surface area contributed by atoms with Crippen LogP contribution in [0.25, 0.3) is 0 Å². The van der Waals surface area contributed by atoms with Gasteiger partial charge in [0.1, 0.15) is 5.78 Å². The van der Waals surface area contributed by atoms with Crippen LogP contribution in [0.2, 0.25) is 0 Å². The van der Waals surface area contributed by atoms with E-state index in [1.54, 1.807) is 0 Å². The van der Waals surface area contributed by atoms with Gasteiger partial charge in [-0.25, -0.2) is 0 Å². The number of fused-ring (bicyclic) bond motifs is 5. The third-order valence-corrected chi connectivity index (χ3v) is 9.17. The molecule has 7 atom stereocenters. The van der Waals surface area contributed by atoms with Crippen molar-refractivity contribution in [3.8, 4) is 0 Å². The summed E-state index contributed by atoms with van der Waals surface area (Å²) in [6.07, 6.45) is 8.87. The molecule has 1 N–H and O–H groups in total. The topological polar surface area (TPSA) is 46.2 Å². The molecule has 3 nitrogen and oxygen atoms in total. The molecule has 0 unspecified atom stereocenters. The lowest BCUT2D eigenvalue weighted by atomic mass is 9.47. The molecule has 0 spiro atoms. The summed E-state index contributed by atoms with van der Waals surface area (Å²) >= 11 is 3.40. The van der Waals surface area contributed by atoms with E-state index in [2.05, 4.69) is 35.1 Å². The molecule has 1 amide bonds. The van der Waals surface area contributed by atoms with Gasteiger partial charge >= 0.3 is 0 Å². The minimum atomic E-state index is 0.215. The van der Waals surface area contributed by atoms with Crippen molar-refractivity contribution in [2.45, 2.75) is 71.3 Å². The van der Waals surface area contributed by atoms with E-state index in [4.69, 9.17) is 0 Å². The fourth-order valence-electron chi connectivity index (χ4n) is 7.32. The van der Waals surface area contributed by atoms with Gasteiger partial charge in [0.15, 0.2) is 0 Å². The van der Waals surface area contributed by atoms with Crippen LogP contribution in [0.15, 0.2) is 0 Å². The molecule has 4 aliphatic rings. The van der Waals surface area contributed by atoms with Crippen molar-refractivity contribution in [3.63, 3.8) is 0 Å². The number of Topliss-reactive ketones (excluding diaryl/α,β-unsaturated/α-hetero) is 1. The lowest BCUT2D eigenvalue weighted by Gasteiger charge is -2.60. The van der Waals surface area contributed by atoms with Gasteiger partial charge in [0.25, 0.3) is 0 Å². The van der Waals surface area contributed by atoms with Gasteiger partial charge in [0.2, 0.25) is 5.91 Å². The maximum atomic E-state index is 12.5. The number of hydrogen-bond acceptors (Lipinski definition) is 2. The highest BCUT2D eigenvalue weighted by Crippen LogP contribution is 2.65. The van der Waals surface area contributed by atoms with Gasteiger partial charge in [-0.3, -0.25) is 9.59 Å². The molecule has 0 aromatic heterocycles. The summed E-state index contributed by atoms with van der Waals surface area (Å²) in [6, 6.07) is 0.380. The van der Waals surface area contributed by atoms with Gasteiger partial charge < -0.3 is 5.32 Å². The molecule has 1 aliphatic heterocycles. The highest BCUT2D eigenvalue weighted by atomic mass is 79.9. The van der Waals surface area contributed by atoms with Gasteiger partial charge in [-0.2, -0.15) is 0 Å². The second kappa shape index (κ2) is 5.82. The Hall–Kier alpha value is -0.380. The molecule has 1 saturated heterocycles. The first-order valence-electron chi connectivity index (χ1n) is 9.78. The molecule has 134 valence electrons. The Labute approximate surface area is 153 Å². The maximum absolute atomic E-state index is 12.5. The first kappa shape index (κ1) is 17.1. The number of alkyl halides is 1. The summed E-state index contributed by atoms with van der Waals surface area (Å²) in [5.41, 5.74) is 0.489. The molecule has 0 aromatic carbocycles. The number of halogens is 1. The molecular weight excluding hydrogens is 366 g/mol. The zero-order valence-corrected chi connectivity index (χ0v) is 16.5. The first-order valence-corrected chi connectivity index (χ1v) is 10.9. The summed E-state index contributed by atoms with van der Waals surface area (Å²) in [7, 11) is 0. The maximum Gasteiger partial charge on any atom is 0.220 e. The summed E-state index contributed by atoms with van der Waals surface area (Å²) in [4.78, 5) is 24.3. The Morgan fingerprint density at radius 2 is 1.83 bits per heavy atom. The Morgan fingerprint density at radius 1 is 1.08 bits per heavy atom. The molecule has 4 rings (SSSR count). The lowest BCUT2D eigenvalue weighted by Crippen LogP contribution is -2.61. The largest absolute Gasteiger partial charge is 0.353 e. The van der Waals surface area contributed by atoms with Crippen LogP contribution in [0.1, 0.15) is 65.2 Å². The number of ketones is 1. The summed E-state index contributed by atoms with van der Waals surface area (Å²) < 4.78 is 0. The standard InChI is InChI=1S/C20H30BrNO2/c1-19-9-7-14-12(13(19)4-5-15(19)16(23)11-21)3-6-17-20(14,2)10-8-18(24)22-17/h12-15,17H,3-11H2,1-2H3,(H,22,24)/t12-,13-,14-,15+,17+,19-,20+/m0/s1. The highest BCUT2D eigenvalue weighted by Gasteiger charge is 2.61. The second-order valence-electron chi connectivity index (χ2n) is 9.35. The second-order valence-corrected chi connectivity index (χ2v) is 9.92. The van der Waals surface area contributed by atoms with Crippen LogP contribution in [-0.2, 0) is 9.59 Å². The summed E-state index contributed by atoms with van der Waals surface area (Å²) in [6.45, 7) is 4.84. The quantitative estimate of drug-likeness (QED) is 0.715. The average molecular weight is 396 g/mol. The van der Waals surface area contributed by atoms with Crippen LogP contribution in [0, 0.1) is 34.5 Å². The summed E-state index contributed by atoms with van der Waals surface area (Å²) in [5, 5.41) is 3.81. The minimum Gasteiger partial charge on any atom is -0.353 e. The van der Waals surface area contributed by atoms with Crippen molar-refractivity contribution >= 4 is 27.6 Å². The van der Waals surface area contributed by atoms with Crippen LogP contribution in [0.4, 0.5) is 0 Å². The number of hydrogen-bond donors (Lipinski definition) is 1. The van der Waals surface area contributed by atoms with Crippen molar-refractivity contribution < 1.29 is 9.59 Å². The van der Waals surface area contributed by atoms with E-state index in [1.807, 2.05) is 0 Å². The van der Waals surface area contributed by atoms with Gasteiger partial charge in [-0.05, 0) is 73.5 Å². The van der Waals surface area contributed by atoms with E-state index in [0.29, 0.717) is 29.5 Å². The number of amides is 1. The van der Waals surface area contributed by atoms with E-state index >= 15 is 0 Å². The normalized spacial score (nSPS) is 50.5. The predicted octanol–water partition coefficient (Wildman–Crippen LogP) is 4.09. The van der Waals surface area contributed by atoms with Crippen molar-refractivity contribution in [1.82, 2.24) is 5.32 Å². The smallest absolute Gasteiger partial charge is 0.220 e. The molecular formula is C20H30BrNO2. The molecule has 3 aliphatic carbocycles. The molecule has 0 aromatic rings. The molecule has 0 bridgehead atoms. The number of nitrogens with one attached hydrogen (secondary N) is 1. The number of rotatable bonds is 2. The van der Waals surface area contributed by atoms with E-state index in [0.717, 1.165) is 31.1 Å². The zero-order valence-electron chi connectivity index (χ0n) is 14.9. The summed E-state index contributed by atoms with van der Waals surface area (Å²) in [5.74, 6) is 3.13. The Bertz CT molecular complexity index is 564. The van der Waals surface area contributed by atoms with Crippen LogP contribution in [-0.4, -0.2) is 23.1 Å². The molecule has 4 fully saturated rings. The Morgan fingerprint density at radius 3 is 2.58 bits per heavy atom. The van der Waals surface area contributed by atoms with Crippen LogP contribution in [0.3, 0.4) is 0 Å². The fraction of sp³-hybridized carbons (Fsp3) is 0.900. The number of piperidine rings is 1. The van der Waals surface area contributed by atoms with E-state index in [-0.39, 0.29) is 22.7 Å².